The zero-order valence-corrected chi connectivity index (χ0v) is 21.2. The van der Waals surface area contributed by atoms with Crippen LogP contribution in [0.25, 0.3) is 81.7 Å². The number of hydrogen-bond donors (Lipinski definition) is 0. The van der Waals surface area contributed by atoms with Crippen LogP contribution in [0.4, 0.5) is 0 Å². The number of fused-ring (bicyclic) bond motifs is 5. The lowest BCUT2D eigenvalue weighted by atomic mass is 9.91. The highest BCUT2D eigenvalue weighted by Crippen LogP contribution is 2.41. The normalized spacial score (nSPS) is 12.1. The maximum absolute atomic E-state index is 2.40. The summed E-state index contributed by atoms with van der Waals surface area (Å²) < 4.78 is 2.40. The Kier molecular flexibility index (Phi) is 4.11. The van der Waals surface area contributed by atoms with Gasteiger partial charge in [-0.25, -0.2) is 0 Å². The maximum Gasteiger partial charge on any atom is 0.0547 e. The fraction of sp³-hybridized carbons (Fsp3) is 0. The second kappa shape index (κ2) is 7.69. The molecule has 0 aliphatic heterocycles. The van der Waals surface area contributed by atoms with Crippen molar-refractivity contribution in [2.45, 2.75) is 0 Å². The highest BCUT2D eigenvalue weighted by Gasteiger charge is 2.16. The molecule has 9 aromatic rings. The van der Waals surface area contributed by atoms with Crippen molar-refractivity contribution in [1.82, 2.24) is 4.57 Å². The van der Waals surface area contributed by atoms with E-state index in [0.29, 0.717) is 0 Å². The largest absolute Gasteiger partial charge is 0.309 e. The summed E-state index contributed by atoms with van der Waals surface area (Å²) in [6, 6.07) is 51.4. The third kappa shape index (κ3) is 2.90. The summed E-state index contributed by atoms with van der Waals surface area (Å²) in [6.45, 7) is 0. The lowest BCUT2D eigenvalue weighted by molar-refractivity contribution is 1.18. The van der Waals surface area contributed by atoms with Gasteiger partial charge in [0.15, 0.2) is 0 Å². The molecule has 0 radical (unpaired) electrons. The number of para-hydroxylation sites is 1. The Labute approximate surface area is 225 Å². The molecule has 1 aromatic heterocycles. The van der Waals surface area contributed by atoms with Crippen LogP contribution in [0.3, 0.4) is 0 Å². The van der Waals surface area contributed by atoms with Gasteiger partial charge in [-0.05, 0) is 96.7 Å². The van der Waals surface area contributed by atoms with E-state index in [0.717, 1.165) is 0 Å². The van der Waals surface area contributed by atoms with Crippen LogP contribution in [-0.2, 0) is 0 Å². The molecule has 1 heterocycles. The van der Waals surface area contributed by atoms with Gasteiger partial charge in [0.05, 0.1) is 11.0 Å². The van der Waals surface area contributed by atoms with Gasteiger partial charge in [0.25, 0.3) is 0 Å². The smallest absolute Gasteiger partial charge is 0.0547 e. The first-order valence-electron chi connectivity index (χ1n) is 13.5. The fourth-order valence-corrected chi connectivity index (χ4v) is 6.75. The molecular weight excluding hydrogens is 470 g/mol. The van der Waals surface area contributed by atoms with Crippen LogP contribution in [0.5, 0.6) is 0 Å². The van der Waals surface area contributed by atoms with Gasteiger partial charge in [-0.3, -0.25) is 0 Å². The molecule has 9 rings (SSSR count). The maximum atomic E-state index is 2.40. The van der Waals surface area contributed by atoms with Gasteiger partial charge < -0.3 is 4.57 Å². The standard InChI is InChI=1S/C38H23N/c1-2-10-31(11-3-1)39-34-19-18-27(23-33(34)38-32-12-5-4-7-24(32)17-20-35(38)39)30-21-28-15-13-25-8-6-9-26-14-16-29(22-30)37(28)36(25)26/h1-23H. The van der Waals surface area contributed by atoms with Crippen molar-refractivity contribution < 1.29 is 0 Å². The Morgan fingerprint density at radius 3 is 1.74 bits per heavy atom. The first-order chi connectivity index (χ1) is 19.3. The first-order valence-corrected chi connectivity index (χ1v) is 13.5. The molecule has 39 heavy (non-hydrogen) atoms. The molecule has 0 amide bonds. The van der Waals surface area contributed by atoms with Crippen LogP contribution < -0.4 is 0 Å². The Hall–Kier alpha value is -5.14. The molecule has 0 spiro atoms. The zero-order chi connectivity index (χ0) is 25.5. The van der Waals surface area contributed by atoms with Crippen molar-refractivity contribution in [3.05, 3.63) is 140 Å². The molecule has 1 nitrogen and oxygen atoms in total. The number of hydrogen-bond acceptors (Lipinski definition) is 0. The van der Waals surface area contributed by atoms with Crippen molar-refractivity contribution in [2.75, 3.05) is 0 Å². The molecular formula is C38H23N. The van der Waals surface area contributed by atoms with Crippen LogP contribution in [0, 0.1) is 0 Å². The van der Waals surface area contributed by atoms with E-state index in [4.69, 9.17) is 0 Å². The van der Waals surface area contributed by atoms with E-state index >= 15 is 0 Å². The van der Waals surface area contributed by atoms with Gasteiger partial charge in [-0.15, -0.1) is 0 Å². The van der Waals surface area contributed by atoms with Crippen molar-refractivity contribution in [2.24, 2.45) is 0 Å². The third-order valence-corrected chi connectivity index (χ3v) is 8.47. The molecule has 0 atom stereocenters. The summed E-state index contributed by atoms with van der Waals surface area (Å²) in [5, 5.41) is 13.1. The molecule has 0 unspecified atom stereocenters. The Morgan fingerprint density at radius 1 is 0.333 bits per heavy atom. The number of aromatic nitrogens is 1. The number of nitrogens with zero attached hydrogens (tertiary/aromatic N) is 1. The molecule has 0 aliphatic carbocycles. The minimum atomic E-state index is 1.18. The number of rotatable bonds is 2. The molecule has 1 heteroatoms. The topological polar surface area (TPSA) is 4.93 Å². The average Bonchev–Trinajstić information content (AvgIpc) is 3.34. The molecule has 0 saturated carbocycles. The van der Waals surface area contributed by atoms with Gasteiger partial charge in [0, 0.05) is 16.5 Å². The van der Waals surface area contributed by atoms with Crippen LogP contribution in [0.2, 0.25) is 0 Å². The molecule has 0 fully saturated rings. The van der Waals surface area contributed by atoms with E-state index in [9.17, 15) is 0 Å². The van der Waals surface area contributed by atoms with Crippen molar-refractivity contribution in [3.8, 4) is 16.8 Å². The van der Waals surface area contributed by atoms with Gasteiger partial charge in [-0.2, -0.15) is 0 Å². The number of benzene rings is 8. The minimum absolute atomic E-state index is 1.18. The van der Waals surface area contributed by atoms with Crippen molar-refractivity contribution in [1.29, 1.82) is 0 Å². The summed E-state index contributed by atoms with van der Waals surface area (Å²) >= 11 is 0. The Bertz CT molecular complexity index is 2310. The lowest BCUT2D eigenvalue weighted by Gasteiger charge is -2.13. The highest BCUT2D eigenvalue weighted by atomic mass is 15.0. The van der Waals surface area contributed by atoms with E-state index in [1.165, 1.54) is 81.7 Å². The quantitative estimate of drug-likeness (QED) is 0.211. The Balaban J connectivity index is 1.36. The molecule has 8 aromatic carbocycles. The van der Waals surface area contributed by atoms with Gasteiger partial charge in [0.1, 0.15) is 0 Å². The van der Waals surface area contributed by atoms with Crippen LogP contribution in [0.1, 0.15) is 0 Å². The van der Waals surface area contributed by atoms with Gasteiger partial charge >= 0.3 is 0 Å². The third-order valence-electron chi connectivity index (χ3n) is 8.47. The Morgan fingerprint density at radius 2 is 0.949 bits per heavy atom. The summed E-state index contributed by atoms with van der Waals surface area (Å²) in [5.41, 5.74) is 6.15. The molecule has 0 aliphatic rings. The average molecular weight is 494 g/mol. The molecule has 0 saturated heterocycles. The van der Waals surface area contributed by atoms with E-state index in [-0.39, 0.29) is 0 Å². The second-order valence-corrected chi connectivity index (χ2v) is 10.6. The summed E-state index contributed by atoms with van der Waals surface area (Å²) in [6.07, 6.45) is 0. The lowest BCUT2D eigenvalue weighted by Crippen LogP contribution is -1.93. The van der Waals surface area contributed by atoms with E-state index in [1.807, 2.05) is 0 Å². The molecule has 0 N–H and O–H groups in total. The van der Waals surface area contributed by atoms with E-state index in [2.05, 4.69) is 144 Å². The molecule has 0 bridgehead atoms. The predicted molar refractivity (Wildman–Crippen MR) is 167 cm³/mol. The second-order valence-electron chi connectivity index (χ2n) is 10.6. The molecule has 180 valence electrons. The van der Waals surface area contributed by atoms with E-state index in [1.54, 1.807) is 0 Å². The van der Waals surface area contributed by atoms with Crippen molar-refractivity contribution >= 4 is 64.9 Å². The summed E-state index contributed by atoms with van der Waals surface area (Å²) in [5.74, 6) is 0. The highest BCUT2D eigenvalue weighted by molar-refractivity contribution is 6.24. The van der Waals surface area contributed by atoms with Gasteiger partial charge in [-0.1, -0.05) is 97.1 Å². The van der Waals surface area contributed by atoms with Crippen LogP contribution >= 0.6 is 0 Å². The first kappa shape index (κ1) is 20.9. The SMILES string of the molecule is c1ccc(-n2c3ccc(-c4cc5ccc6cccc7ccc(c4)c5c67)cc3c3c4ccccc4ccc32)cc1. The van der Waals surface area contributed by atoms with Crippen molar-refractivity contribution in [3.63, 3.8) is 0 Å². The van der Waals surface area contributed by atoms with Crippen LogP contribution in [-0.4, -0.2) is 4.57 Å². The van der Waals surface area contributed by atoms with Crippen LogP contribution in [0.15, 0.2) is 140 Å². The minimum Gasteiger partial charge on any atom is -0.309 e. The van der Waals surface area contributed by atoms with Gasteiger partial charge in [0.2, 0.25) is 0 Å². The predicted octanol–water partition coefficient (Wildman–Crippen LogP) is 10.5. The van der Waals surface area contributed by atoms with E-state index < -0.39 is 0 Å². The summed E-state index contributed by atoms with van der Waals surface area (Å²) in [4.78, 5) is 0. The fourth-order valence-electron chi connectivity index (χ4n) is 6.75. The monoisotopic (exact) mass is 493 g/mol. The summed E-state index contributed by atoms with van der Waals surface area (Å²) in [7, 11) is 0. The zero-order valence-electron chi connectivity index (χ0n) is 21.2.